The van der Waals surface area contributed by atoms with E-state index in [1.807, 2.05) is 0 Å². The van der Waals surface area contributed by atoms with Gasteiger partial charge in [0.25, 0.3) is 0 Å². The van der Waals surface area contributed by atoms with Crippen LogP contribution in [0, 0.1) is 5.92 Å². The van der Waals surface area contributed by atoms with Gasteiger partial charge in [-0.2, -0.15) is 0 Å². The molecule has 1 rings (SSSR count). The quantitative estimate of drug-likeness (QED) is 0.536. The fourth-order valence-electron chi connectivity index (χ4n) is 1.45. The second-order valence-electron chi connectivity index (χ2n) is 2.83. The number of nitrogens with two attached hydrogens (primary N) is 1. The molecule has 10 heavy (non-hydrogen) atoms. The maximum atomic E-state index is 11.0. The average Bonchev–Trinajstić information content (AvgIpc) is 2.36. The fourth-order valence-corrected chi connectivity index (χ4v) is 1.45. The summed E-state index contributed by atoms with van der Waals surface area (Å²) in [5.41, 5.74) is 5.02. The van der Waals surface area contributed by atoms with Crippen molar-refractivity contribution in [2.24, 2.45) is 11.7 Å². The third kappa shape index (κ3) is 1.55. The van der Waals surface area contributed by atoms with Gasteiger partial charge in [0.2, 0.25) is 0 Å². The summed E-state index contributed by atoms with van der Waals surface area (Å²) in [7, 11) is 0. The second kappa shape index (κ2) is 3.12. The van der Waals surface area contributed by atoms with Gasteiger partial charge >= 0.3 is 0 Å². The lowest BCUT2D eigenvalue weighted by Gasteiger charge is -2.08. The van der Waals surface area contributed by atoms with Crippen LogP contribution in [-0.4, -0.2) is 17.1 Å². The summed E-state index contributed by atoms with van der Waals surface area (Å²) in [4.78, 5) is 11.0. The number of aliphatic hydroxyl groups is 1. The SMILES string of the molecule is NC(O)C(=O)C1CCCC1. The van der Waals surface area contributed by atoms with Gasteiger partial charge in [0.05, 0.1) is 0 Å². The van der Waals surface area contributed by atoms with Crippen LogP contribution in [0.25, 0.3) is 0 Å². The summed E-state index contributed by atoms with van der Waals surface area (Å²) in [5.74, 6) is -0.141. The molecule has 0 radical (unpaired) electrons. The average molecular weight is 143 g/mol. The molecule has 1 aliphatic carbocycles. The van der Waals surface area contributed by atoms with Gasteiger partial charge in [-0.3, -0.25) is 10.5 Å². The van der Waals surface area contributed by atoms with Crippen LogP contribution in [0.15, 0.2) is 0 Å². The molecule has 1 saturated carbocycles. The van der Waals surface area contributed by atoms with E-state index in [2.05, 4.69) is 0 Å². The van der Waals surface area contributed by atoms with Crippen molar-refractivity contribution in [3.8, 4) is 0 Å². The zero-order valence-corrected chi connectivity index (χ0v) is 5.92. The zero-order chi connectivity index (χ0) is 7.56. The minimum absolute atomic E-state index is 0.0417. The highest BCUT2D eigenvalue weighted by Crippen LogP contribution is 2.25. The molecule has 1 atom stereocenters. The van der Waals surface area contributed by atoms with Gasteiger partial charge in [0.15, 0.2) is 12.0 Å². The first-order valence-electron chi connectivity index (χ1n) is 3.69. The molecule has 0 aromatic carbocycles. The van der Waals surface area contributed by atoms with Gasteiger partial charge in [-0.1, -0.05) is 12.8 Å². The van der Waals surface area contributed by atoms with Crippen LogP contribution < -0.4 is 5.73 Å². The van der Waals surface area contributed by atoms with Gasteiger partial charge < -0.3 is 5.11 Å². The molecule has 0 aliphatic heterocycles. The number of ketones is 1. The van der Waals surface area contributed by atoms with E-state index in [1.54, 1.807) is 0 Å². The van der Waals surface area contributed by atoms with E-state index < -0.39 is 6.23 Å². The van der Waals surface area contributed by atoms with E-state index in [-0.39, 0.29) is 11.7 Å². The highest BCUT2D eigenvalue weighted by Gasteiger charge is 2.25. The Labute approximate surface area is 60.2 Å². The largest absolute Gasteiger partial charge is 0.371 e. The Morgan fingerprint density at radius 1 is 1.50 bits per heavy atom. The first-order chi connectivity index (χ1) is 4.72. The van der Waals surface area contributed by atoms with Gasteiger partial charge in [0.1, 0.15) is 0 Å². The number of aliphatic hydroxyl groups excluding tert-OH is 1. The Morgan fingerprint density at radius 2 is 2.00 bits per heavy atom. The smallest absolute Gasteiger partial charge is 0.178 e. The van der Waals surface area contributed by atoms with Crippen molar-refractivity contribution >= 4 is 5.78 Å². The van der Waals surface area contributed by atoms with Crippen LogP contribution in [0.3, 0.4) is 0 Å². The van der Waals surface area contributed by atoms with E-state index >= 15 is 0 Å². The van der Waals surface area contributed by atoms with Gasteiger partial charge in [-0.15, -0.1) is 0 Å². The molecule has 1 fully saturated rings. The Kier molecular flexibility index (Phi) is 2.40. The fraction of sp³-hybridized carbons (Fsp3) is 0.857. The molecule has 3 N–H and O–H groups in total. The van der Waals surface area contributed by atoms with Crippen molar-refractivity contribution in [2.45, 2.75) is 31.9 Å². The predicted molar refractivity (Wildman–Crippen MR) is 37.2 cm³/mol. The van der Waals surface area contributed by atoms with Crippen LogP contribution in [0.1, 0.15) is 25.7 Å². The lowest BCUT2D eigenvalue weighted by atomic mass is 10.0. The molecule has 1 aliphatic rings. The molecule has 3 nitrogen and oxygen atoms in total. The normalized spacial score (nSPS) is 23.0. The van der Waals surface area contributed by atoms with Crippen molar-refractivity contribution in [1.82, 2.24) is 0 Å². The number of carbonyl (C=O) groups is 1. The summed E-state index contributed by atoms with van der Waals surface area (Å²) in [6, 6.07) is 0. The van der Waals surface area contributed by atoms with Crippen LogP contribution in [0.5, 0.6) is 0 Å². The second-order valence-corrected chi connectivity index (χ2v) is 2.83. The Bertz CT molecular complexity index is 128. The molecule has 0 spiro atoms. The van der Waals surface area contributed by atoms with Crippen LogP contribution in [-0.2, 0) is 4.79 Å². The lowest BCUT2D eigenvalue weighted by Crippen LogP contribution is -2.34. The topological polar surface area (TPSA) is 63.3 Å². The summed E-state index contributed by atoms with van der Waals surface area (Å²) >= 11 is 0. The highest BCUT2D eigenvalue weighted by atomic mass is 16.3. The Hall–Kier alpha value is -0.410. The first-order valence-corrected chi connectivity index (χ1v) is 3.69. The molecular formula is C7H13NO2. The van der Waals surface area contributed by atoms with Crippen molar-refractivity contribution in [1.29, 1.82) is 0 Å². The minimum atomic E-state index is -1.25. The maximum absolute atomic E-state index is 11.0. The van der Waals surface area contributed by atoms with Crippen molar-refractivity contribution in [3.05, 3.63) is 0 Å². The van der Waals surface area contributed by atoms with Crippen molar-refractivity contribution in [3.63, 3.8) is 0 Å². The van der Waals surface area contributed by atoms with Crippen molar-refractivity contribution in [2.75, 3.05) is 0 Å². The molecule has 1 unspecified atom stereocenters. The standard InChI is InChI=1S/C7H13NO2/c8-7(10)6(9)5-3-1-2-4-5/h5,7,10H,1-4,8H2. The van der Waals surface area contributed by atoms with Gasteiger partial charge in [-0.05, 0) is 12.8 Å². The zero-order valence-electron chi connectivity index (χ0n) is 5.92. The number of hydrogen-bond acceptors (Lipinski definition) is 3. The molecule has 0 bridgehead atoms. The molecule has 0 aromatic rings. The van der Waals surface area contributed by atoms with Gasteiger partial charge in [-0.25, -0.2) is 0 Å². The summed E-state index contributed by atoms with van der Waals surface area (Å²) in [5, 5.41) is 8.71. The van der Waals surface area contributed by atoms with E-state index in [9.17, 15) is 4.79 Å². The van der Waals surface area contributed by atoms with E-state index in [0.29, 0.717) is 0 Å². The number of Topliss-reactive ketones (excluding diaryl/α,β-unsaturated/α-hetero) is 1. The summed E-state index contributed by atoms with van der Waals surface area (Å²) in [6.45, 7) is 0. The molecule has 3 heteroatoms. The number of carbonyl (C=O) groups excluding carboxylic acids is 1. The molecule has 0 heterocycles. The van der Waals surface area contributed by atoms with E-state index in [0.717, 1.165) is 25.7 Å². The van der Waals surface area contributed by atoms with Gasteiger partial charge in [0, 0.05) is 5.92 Å². The van der Waals surface area contributed by atoms with E-state index in [4.69, 9.17) is 10.8 Å². The first kappa shape index (κ1) is 7.69. The Morgan fingerprint density at radius 3 is 2.40 bits per heavy atom. The molecule has 58 valence electrons. The van der Waals surface area contributed by atoms with Crippen LogP contribution >= 0.6 is 0 Å². The monoisotopic (exact) mass is 143 g/mol. The number of hydrogen-bond donors (Lipinski definition) is 2. The molecule has 0 saturated heterocycles. The molecule has 0 amide bonds. The van der Waals surface area contributed by atoms with E-state index in [1.165, 1.54) is 0 Å². The van der Waals surface area contributed by atoms with Crippen LogP contribution in [0.2, 0.25) is 0 Å². The summed E-state index contributed by atoms with van der Waals surface area (Å²) in [6.07, 6.45) is 2.77. The minimum Gasteiger partial charge on any atom is -0.371 e. The third-order valence-electron chi connectivity index (χ3n) is 2.05. The predicted octanol–water partition coefficient (Wildman–Crippen LogP) is 0.0228. The molecule has 0 aromatic heterocycles. The van der Waals surface area contributed by atoms with Crippen molar-refractivity contribution < 1.29 is 9.90 Å². The maximum Gasteiger partial charge on any atom is 0.178 e. The van der Waals surface area contributed by atoms with Crippen LogP contribution in [0.4, 0.5) is 0 Å². The lowest BCUT2D eigenvalue weighted by molar-refractivity contribution is -0.130. The Balaban J connectivity index is 2.40. The number of rotatable bonds is 2. The summed E-state index contributed by atoms with van der Waals surface area (Å²) < 4.78 is 0. The molecular weight excluding hydrogens is 130 g/mol. The highest BCUT2D eigenvalue weighted by molar-refractivity contribution is 5.84. The third-order valence-corrected chi connectivity index (χ3v) is 2.05.